The van der Waals surface area contributed by atoms with Crippen LogP contribution in [0.1, 0.15) is 45.5 Å². The molecule has 7 aromatic rings. The molecular formula is C44H32N4O. The Balaban J connectivity index is 1.13. The van der Waals surface area contributed by atoms with Crippen molar-refractivity contribution >= 4 is 45.0 Å². The van der Waals surface area contributed by atoms with E-state index in [1.165, 1.54) is 0 Å². The molecular weight excluding hydrogens is 601 g/mol. The topological polar surface area (TPSA) is 61.9 Å². The highest BCUT2D eigenvalue weighted by Gasteiger charge is 2.22. The van der Waals surface area contributed by atoms with Crippen LogP contribution < -0.4 is 10.6 Å². The fraction of sp³-hybridized carbons (Fsp3) is 0.0455. The zero-order valence-electron chi connectivity index (χ0n) is 26.6. The number of aliphatic imine (C=N–C) groups is 2. The van der Waals surface area contributed by atoms with E-state index in [9.17, 15) is 0 Å². The molecule has 234 valence electrons. The molecule has 0 aliphatic carbocycles. The summed E-state index contributed by atoms with van der Waals surface area (Å²) in [5, 5.41) is 9.36. The molecule has 0 spiro atoms. The number of hydrogen-bond donors (Lipinski definition) is 2. The second-order valence-corrected chi connectivity index (χ2v) is 12.3. The normalized spacial score (nSPS) is 17.4. The zero-order chi connectivity index (χ0) is 32.6. The Kier molecular flexibility index (Phi) is 7.21. The Morgan fingerprint density at radius 2 is 0.878 bits per heavy atom. The molecule has 5 nitrogen and oxygen atoms in total. The van der Waals surface area contributed by atoms with Crippen molar-refractivity contribution in [3.8, 4) is 0 Å². The third-order valence-electron chi connectivity index (χ3n) is 9.16. The molecule has 0 amide bonds. The summed E-state index contributed by atoms with van der Waals surface area (Å²) in [5.74, 6) is 1.70. The highest BCUT2D eigenvalue weighted by molar-refractivity contribution is 6.09. The van der Waals surface area contributed by atoms with Gasteiger partial charge >= 0.3 is 0 Å². The first kappa shape index (κ1) is 28.7. The van der Waals surface area contributed by atoms with Crippen LogP contribution in [0.15, 0.2) is 184 Å². The molecule has 2 unspecified atom stereocenters. The summed E-state index contributed by atoms with van der Waals surface area (Å²) in [6.45, 7) is 0. The van der Waals surface area contributed by atoms with Crippen molar-refractivity contribution in [2.45, 2.75) is 12.1 Å². The van der Waals surface area contributed by atoms with E-state index >= 15 is 0 Å². The van der Waals surface area contributed by atoms with Crippen LogP contribution in [0.25, 0.3) is 33.3 Å². The molecule has 2 aliphatic rings. The van der Waals surface area contributed by atoms with Gasteiger partial charge in [0.1, 0.15) is 22.8 Å². The van der Waals surface area contributed by atoms with Crippen molar-refractivity contribution in [2.75, 3.05) is 0 Å². The minimum atomic E-state index is -0.178. The molecule has 2 aliphatic heterocycles. The van der Waals surface area contributed by atoms with Gasteiger partial charge in [-0.05, 0) is 64.7 Å². The smallest absolute Gasteiger partial charge is 0.135 e. The van der Waals surface area contributed by atoms with E-state index < -0.39 is 0 Å². The summed E-state index contributed by atoms with van der Waals surface area (Å²) in [6.07, 6.45) is 4.42. The lowest BCUT2D eigenvalue weighted by atomic mass is 9.98. The Morgan fingerprint density at radius 1 is 0.408 bits per heavy atom. The lowest BCUT2D eigenvalue weighted by Crippen LogP contribution is -2.27. The number of nitrogens with zero attached hydrogens (tertiary/aromatic N) is 2. The fourth-order valence-electron chi connectivity index (χ4n) is 6.65. The van der Waals surface area contributed by atoms with Crippen LogP contribution in [0.4, 0.5) is 0 Å². The minimum Gasteiger partial charge on any atom is -0.456 e. The van der Waals surface area contributed by atoms with Gasteiger partial charge in [-0.15, -0.1) is 0 Å². The number of nitrogens with one attached hydrogen (secondary N) is 2. The van der Waals surface area contributed by atoms with E-state index in [-0.39, 0.29) is 12.1 Å². The molecule has 0 saturated carbocycles. The van der Waals surface area contributed by atoms with Gasteiger partial charge in [0, 0.05) is 33.3 Å². The number of rotatable bonds is 6. The number of hydrogen-bond acceptors (Lipinski definition) is 5. The van der Waals surface area contributed by atoms with Crippen LogP contribution in [0.5, 0.6) is 0 Å². The molecule has 0 fully saturated rings. The van der Waals surface area contributed by atoms with Crippen molar-refractivity contribution in [3.05, 3.63) is 203 Å². The largest absolute Gasteiger partial charge is 0.456 e. The maximum Gasteiger partial charge on any atom is 0.135 e. The van der Waals surface area contributed by atoms with Gasteiger partial charge in [0.2, 0.25) is 0 Å². The molecule has 2 N–H and O–H groups in total. The fourth-order valence-corrected chi connectivity index (χ4v) is 6.65. The molecule has 0 radical (unpaired) electrons. The molecule has 1 aromatic heterocycles. The van der Waals surface area contributed by atoms with Gasteiger partial charge in [-0.2, -0.15) is 0 Å². The van der Waals surface area contributed by atoms with E-state index in [2.05, 4.69) is 132 Å². The Bertz CT molecular complexity index is 2370. The molecule has 6 aromatic carbocycles. The second kappa shape index (κ2) is 12.3. The third-order valence-corrected chi connectivity index (χ3v) is 9.16. The minimum absolute atomic E-state index is 0.113. The van der Waals surface area contributed by atoms with Crippen molar-refractivity contribution in [3.63, 3.8) is 0 Å². The van der Waals surface area contributed by atoms with Crippen molar-refractivity contribution in [2.24, 2.45) is 9.98 Å². The second-order valence-electron chi connectivity index (χ2n) is 12.3. The predicted molar refractivity (Wildman–Crippen MR) is 200 cm³/mol. The molecule has 2 atom stereocenters. The predicted octanol–water partition coefficient (Wildman–Crippen LogP) is 9.85. The number of fused-ring (bicyclic) bond motifs is 3. The van der Waals surface area contributed by atoms with Crippen LogP contribution in [-0.2, 0) is 0 Å². The van der Waals surface area contributed by atoms with Crippen LogP contribution in [0, 0.1) is 0 Å². The summed E-state index contributed by atoms with van der Waals surface area (Å²) in [7, 11) is 0. The standard InChI is InChI=1S/C44H32N4O/c1-5-13-29(14-6-1)37-27-39(47-43(45-37)31-17-9-3-10-18-31)33-21-23-41-35(25-33)36-26-34(22-24-42(36)49-41)40-28-38(30-15-7-2-8-16-30)46-44(48-40)32-19-11-4-12-20-32/h1-28,37,40H,(H,45,47)(H,46,48). The van der Waals surface area contributed by atoms with Crippen molar-refractivity contribution < 1.29 is 4.42 Å². The quantitative estimate of drug-likeness (QED) is 0.192. The lowest BCUT2D eigenvalue weighted by Gasteiger charge is -2.23. The summed E-state index contributed by atoms with van der Waals surface area (Å²) in [5.41, 5.74) is 10.3. The molecule has 5 heteroatoms. The number of furan rings is 1. The highest BCUT2D eigenvalue weighted by Crippen LogP contribution is 2.36. The van der Waals surface area contributed by atoms with Crippen LogP contribution >= 0.6 is 0 Å². The van der Waals surface area contributed by atoms with Gasteiger partial charge in [0.25, 0.3) is 0 Å². The maximum absolute atomic E-state index is 6.37. The molecule has 49 heavy (non-hydrogen) atoms. The van der Waals surface area contributed by atoms with E-state index in [0.29, 0.717) is 0 Å². The average Bonchev–Trinajstić information content (AvgIpc) is 3.56. The Hall–Kier alpha value is -6.46. The van der Waals surface area contributed by atoms with Crippen LogP contribution in [-0.4, -0.2) is 11.7 Å². The Labute approximate surface area is 284 Å². The Morgan fingerprint density at radius 3 is 1.47 bits per heavy atom. The van der Waals surface area contributed by atoms with Crippen molar-refractivity contribution in [1.82, 2.24) is 10.6 Å². The maximum atomic E-state index is 6.37. The van der Waals surface area contributed by atoms with Gasteiger partial charge < -0.3 is 15.1 Å². The van der Waals surface area contributed by atoms with Crippen LogP contribution in [0.2, 0.25) is 0 Å². The van der Waals surface area contributed by atoms with Crippen LogP contribution in [0.3, 0.4) is 0 Å². The zero-order valence-corrected chi connectivity index (χ0v) is 26.6. The summed E-state index contributed by atoms with van der Waals surface area (Å²) >= 11 is 0. The number of amidine groups is 2. The lowest BCUT2D eigenvalue weighted by molar-refractivity contribution is 0.668. The van der Waals surface area contributed by atoms with E-state index in [1.54, 1.807) is 0 Å². The van der Waals surface area contributed by atoms with E-state index in [4.69, 9.17) is 14.4 Å². The average molecular weight is 633 g/mol. The SMILES string of the molecule is C1=C(c2ccc3oc4ccc(C5C=C(c6ccccc6)NC(c6ccccc6)=N5)cc4c3c2)NC(c2ccccc2)=NC1c1ccccc1. The monoisotopic (exact) mass is 632 g/mol. The first-order chi connectivity index (χ1) is 24.2. The van der Waals surface area contributed by atoms with Gasteiger partial charge in [0.15, 0.2) is 0 Å². The summed E-state index contributed by atoms with van der Waals surface area (Å²) in [6, 6.07) is 54.0. The van der Waals surface area contributed by atoms with Gasteiger partial charge in [-0.1, -0.05) is 127 Å². The summed E-state index contributed by atoms with van der Waals surface area (Å²) < 4.78 is 6.37. The third kappa shape index (κ3) is 5.62. The summed E-state index contributed by atoms with van der Waals surface area (Å²) in [4.78, 5) is 10.3. The molecule has 0 saturated heterocycles. The van der Waals surface area contributed by atoms with E-state index in [1.807, 2.05) is 48.5 Å². The van der Waals surface area contributed by atoms with Gasteiger partial charge in [-0.3, -0.25) is 9.98 Å². The molecule has 9 rings (SSSR count). The highest BCUT2D eigenvalue weighted by atomic mass is 16.3. The first-order valence-corrected chi connectivity index (χ1v) is 16.6. The van der Waals surface area contributed by atoms with Gasteiger partial charge in [0.05, 0.1) is 12.1 Å². The van der Waals surface area contributed by atoms with Crippen molar-refractivity contribution in [1.29, 1.82) is 0 Å². The molecule has 3 heterocycles. The number of benzene rings is 6. The molecule has 0 bridgehead atoms. The van der Waals surface area contributed by atoms with E-state index in [0.717, 1.165) is 78.4 Å². The van der Waals surface area contributed by atoms with Gasteiger partial charge in [-0.25, -0.2) is 0 Å². The first-order valence-electron chi connectivity index (χ1n) is 16.6.